The molecular weight excluding hydrogens is 382 g/mol. The topological polar surface area (TPSA) is 57.6 Å². The van der Waals surface area contributed by atoms with Crippen molar-refractivity contribution in [2.75, 3.05) is 4.90 Å². The quantitative estimate of drug-likeness (QED) is 0.566. The molecule has 1 saturated carbocycles. The molecule has 29 heavy (non-hydrogen) atoms. The van der Waals surface area contributed by atoms with Gasteiger partial charge in [-0.05, 0) is 57.1 Å². The summed E-state index contributed by atoms with van der Waals surface area (Å²) in [6.07, 6.45) is 6.45. The predicted octanol–water partition coefficient (Wildman–Crippen LogP) is 6.46. The maximum atomic E-state index is 13.5. The Labute approximate surface area is 177 Å². The Kier molecular flexibility index (Phi) is 7.12. The Balaban J connectivity index is 1.90. The van der Waals surface area contributed by atoms with Gasteiger partial charge in [0.25, 0.3) is 0 Å². The highest BCUT2D eigenvalue weighted by Crippen LogP contribution is 2.40. The molecule has 0 spiro atoms. The third-order valence-electron chi connectivity index (χ3n) is 5.87. The van der Waals surface area contributed by atoms with Gasteiger partial charge in [-0.15, -0.1) is 11.3 Å². The number of hydrogen-bond acceptors (Lipinski definition) is 3. The molecule has 1 N–H and O–H groups in total. The van der Waals surface area contributed by atoms with Gasteiger partial charge < -0.3 is 10.0 Å². The van der Waals surface area contributed by atoms with Gasteiger partial charge in [0.1, 0.15) is 4.88 Å². The summed E-state index contributed by atoms with van der Waals surface area (Å²) in [5, 5.41) is 9.81. The number of rotatable bonds is 7. The molecule has 0 atom stereocenters. The molecule has 1 aromatic heterocycles. The van der Waals surface area contributed by atoms with Crippen molar-refractivity contribution in [1.29, 1.82) is 0 Å². The van der Waals surface area contributed by atoms with Crippen LogP contribution in [0.3, 0.4) is 0 Å². The highest BCUT2D eigenvalue weighted by Gasteiger charge is 2.33. The first kappa shape index (κ1) is 21.6. The van der Waals surface area contributed by atoms with Gasteiger partial charge in [0.15, 0.2) is 0 Å². The molecular formula is C24H31NO3S. The van der Waals surface area contributed by atoms with Gasteiger partial charge >= 0.3 is 5.97 Å². The van der Waals surface area contributed by atoms with Crippen LogP contribution >= 0.6 is 11.3 Å². The van der Waals surface area contributed by atoms with Crippen LogP contribution < -0.4 is 4.90 Å². The molecule has 1 fully saturated rings. The van der Waals surface area contributed by atoms with E-state index in [2.05, 4.69) is 6.92 Å². The van der Waals surface area contributed by atoms with E-state index in [1.807, 2.05) is 50.2 Å². The third-order valence-corrected chi connectivity index (χ3v) is 7.03. The molecule has 0 bridgehead atoms. The van der Waals surface area contributed by atoms with Crippen molar-refractivity contribution in [3.63, 3.8) is 0 Å². The zero-order chi connectivity index (χ0) is 21.0. The van der Waals surface area contributed by atoms with E-state index in [4.69, 9.17) is 0 Å². The van der Waals surface area contributed by atoms with E-state index in [1.165, 1.54) is 24.2 Å². The number of nitrogens with zero attached hydrogens (tertiary/aromatic N) is 1. The first-order valence-electron chi connectivity index (χ1n) is 10.7. The molecule has 0 radical (unpaired) electrons. The summed E-state index contributed by atoms with van der Waals surface area (Å²) in [5.41, 5.74) is 1.51. The Bertz CT molecular complexity index is 835. The van der Waals surface area contributed by atoms with Crippen molar-refractivity contribution in [3.8, 4) is 10.4 Å². The van der Waals surface area contributed by atoms with E-state index >= 15 is 0 Å². The van der Waals surface area contributed by atoms with Gasteiger partial charge in [-0.3, -0.25) is 4.79 Å². The van der Waals surface area contributed by atoms with E-state index in [1.54, 1.807) is 4.90 Å². The molecule has 5 heteroatoms. The van der Waals surface area contributed by atoms with Crippen LogP contribution in [-0.4, -0.2) is 23.0 Å². The fraction of sp³-hybridized carbons (Fsp3) is 0.500. The largest absolute Gasteiger partial charge is 0.477 e. The maximum absolute atomic E-state index is 13.5. The van der Waals surface area contributed by atoms with Crippen molar-refractivity contribution < 1.29 is 14.7 Å². The maximum Gasteiger partial charge on any atom is 0.348 e. The average Bonchev–Trinajstić information content (AvgIpc) is 3.14. The Morgan fingerprint density at radius 2 is 1.79 bits per heavy atom. The molecule has 3 rings (SSSR count). The van der Waals surface area contributed by atoms with Gasteiger partial charge in [0.05, 0.1) is 5.69 Å². The van der Waals surface area contributed by atoms with Gasteiger partial charge in [0.2, 0.25) is 5.91 Å². The minimum absolute atomic E-state index is 0.00720. The number of carboxylic acid groups (broad SMARTS) is 1. The van der Waals surface area contributed by atoms with Crippen LogP contribution in [0.5, 0.6) is 0 Å². The second kappa shape index (κ2) is 9.57. The average molecular weight is 414 g/mol. The zero-order valence-electron chi connectivity index (χ0n) is 17.6. The molecule has 4 nitrogen and oxygen atoms in total. The lowest BCUT2D eigenvalue weighted by Gasteiger charge is -2.34. The summed E-state index contributed by atoms with van der Waals surface area (Å²) in [6, 6.07) is 11.5. The van der Waals surface area contributed by atoms with E-state index in [0.717, 1.165) is 42.0 Å². The van der Waals surface area contributed by atoms with Crippen molar-refractivity contribution >= 4 is 28.9 Å². The van der Waals surface area contributed by atoms with Crippen molar-refractivity contribution in [3.05, 3.63) is 41.3 Å². The first-order chi connectivity index (χ1) is 13.9. The number of carboxylic acids is 1. The standard InChI is InChI=1S/C24H31NO3S/c1-4-8-17-11-13-19(14-12-17)23(26)25(16(2)3)20-15-21(29-22(20)24(27)28)18-9-6-5-7-10-18/h5-7,9-10,15-17,19H,4,8,11-14H2,1-3H3,(H,27,28). The smallest absolute Gasteiger partial charge is 0.348 e. The third kappa shape index (κ3) is 4.89. The van der Waals surface area contributed by atoms with Gasteiger partial charge in [-0.2, -0.15) is 0 Å². The molecule has 0 saturated heterocycles. The number of hydrogen-bond donors (Lipinski definition) is 1. The zero-order valence-corrected chi connectivity index (χ0v) is 18.4. The normalized spacial score (nSPS) is 19.3. The number of amides is 1. The molecule has 1 heterocycles. The van der Waals surface area contributed by atoms with Crippen molar-refractivity contribution in [2.24, 2.45) is 11.8 Å². The summed E-state index contributed by atoms with van der Waals surface area (Å²) in [6.45, 7) is 6.14. The number of aromatic carboxylic acids is 1. The Morgan fingerprint density at radius 3 is 2.34 bits per heavy atom. The highest BCUT2D eigenvalue weighted by molar-refractivity contribution is 7.18. The second-order valence-electron chi connectivity index (χ2n) is 8.30. The highest BCUT2D eigenvalue weighted by atomic mass is 32.1. The summed E-state index contributed by atoms with van der Waals surface area (Å²) in [5.74, 6) is -0.170. The van der Waals surface area contributed by atoms with Gasteiger partial charge in [-0.1, -0.05) is 50.1 Å². The molecule has 1 aromatic carbocycles. The predicted molar refractivity (Wildman–Crippen MR) is 120 cm³/mol. The Hall–Kier alpha value is -2.14. The SMILES string of the molecule is CCCC1CCC(C(=O)N(c2cc(-c3ccccc3)sc2C(=O)O)C(C)C)CC1. The molecule has 1 aliphatic rings. The van der Waals surface area contributed by atoms with Crippen LogP contribution in [0, 0.1) is 11.8 Å². The monoisotopic (exact) mass is 413 g/mol. The molecule has 2 aromatic rings. The van der Waals surface area contributed by atoms with Crippen LogP contribution in [0.1, 0.15) is 69.0 Å². The second-order valence-corrected chi connectivity index (χ2v) is 9.36. The van der Waals surface area contributed by atoms with E-state index in [9.17, 15) is 14.7 Å². The van der Waals surface area contributed by atoms with Gasteiger partial charge in [0, 0.05) is 16.8 Å². The van der Waals surface area contributed by atoms with Crippen LogP contribution in [0.4, 0.5) is 5.69 Å². The minimum Gasteiger partial charge on any atom is -0.477 e. The van der Waals surface area contributed by atoms with Crippen LogP contribution in [0.15, 0.2) is 36.4 Å². The van der Waals surface area contributed by atoms with Gasteiger partial charge in [-0.25, -0.2) is 4.79 Å². The minimum atomic E-state index is -0.975. The Morgan fingerprint density at radius 1 is 1.14 bits per heavy atom. The van der Waals surface area contributed by atoms with Crippen LogP contribution in [0.25, 0.3) is 10.4 Å². The fourth-order valence-electron chi connectivity index (χ4n) is 4.41. The van der Waals surface area contributed by atoms with E-state index in [0.29, 0.717) is 5.69 Å². The first-order valence-corrected chi connectivity index (χ1v) is 11.5. The van der Waals surface area contributed by atoms with Crippen LogP contribution in [-0.2, 0) is 4.79 Å². The summed E-state index contributed by atoms with van der Waals surface area (Å²) in [7, 11) is 0. The lowest BCUT2D eigenvalue weighted by Crippen LogP contribution is -2.42. The number of carbonyl (C=O) groups excluding carboxylic acids is 1. The number of thiophene rings is 1. The van der Waals surface area contributed by atoms with E-state index < -0.39 is 5.97 Å². The molecule has 156 valence electrons. The lowest BCUT2D eigenvalue weighted by atomic mass is 9.79. The number of anilines is 1. The lowest BCUT2D eigenvalue weighted by molar-refractivity contribution is -0.124. The molecule has 1 amide bonds. The fourth-order valence-corrected chi connectivity index (χ4v) is 5.41. The number of benzene rings is 1. The van der Waals surface area contributed by atoms with E-state index in [-0.39, 0.29) is 22.7 Å². The summed E-state index contributed by atoms with van der Waals surface area (Å²) < 4.78 is 0. The number of carbonyl (C=O) groups is 2. The molecule has 1 aliphatic carbocycles. The molecule has 0 unspecified atom stereocenters. The van der Waals surface area contributed by atoms with Crippen molar-refractivity contribution in [1.82, 2.24) is 0 Å². The van der Waals surface area contributed by atoms with Crippen LogP contribution in [0.2, 0.25) is 0 Å². The summed E-state index contributed by atoms with van der Waals surface area (Å²) >= 11 is 1.24. The van der Waals surface area contributed by atoms with Crippen molar-refractivity contribution in [2.45, 2.75) is 65.3 Å². The summed E-state index contributed by atoms with van der Waals surface area (Å²) in [4.78, 5) is 28.3. The molecule has 0 aliphatic heterocycles.